The van der Waals surface area contributed by atoms with Gasteiger partial charge in [-0.2, -0.15) is 13.2 Å². The van der Waals surface area contributed by atoms with E-state index in [2.05, 4.69) is 5.32 Å². The van der Waals surface area contributed by atoms with Crippen molar-refractivity contribution >= 4 is 11.7 Å². The number of methoxy groups -OCH3 is 1. The summed E-state index contributed by atoms with van der Waals surface area (Å²) in [6.07, 6.45) is -3.04. The molecule has 0 aliphatic heterocycles. The molecule has 0 amide bonds. The maximum absolute atomic E-state index is 12.5. The number of hydrogen-bond acceptors (Lipinski definition) is 3. The van der Waals surface area contributed by atoms with Crippen molar-refractivity contribution in [1.29, 1.82) is 0 Å². The fourth-order valence-electron chi connectivity index (χ4n) is 1.65. The largest absolute Gasteiger partial charge is 0.478 e. The van der Waals surface area contributed by atoms with E-state index in [-0.39, 0.29) is 11.3 Å². The first-order valence-corrected chi connectivity index (χ1v) is 6.03. The third kappa shape index (κ3) is 4.73. The SMILES string of the molecule is COCCCCNc1ccc(C(F)(F)F)cc1C(=O)O. The summed E-state index contributed by atoms with van der Waals surface area (Å²) in [5.41, 5.74) is -1.17. The Morgan fingerprint density at radius 2 is 2.05 bits per heavy atom. The summed E-state index contributed by atoms with van der Waals surface area (Å²) in [4.78, 5) is 11.0. The maximum atomic E-state index is 12.5. The number of carboxylic acids is 1. The summed E-state index contributed by atoms with van der Waals surface area (Å²) in [6, 6.07) is 2.65. The Bertz CT molecular complexity index is 461. The maximum Gasteiger partial charge on any atom is 0.416 e. The molecule has 0 saturated heterocycles. The molecule has 2 N–H and O–H groups in total. The van der Waals surface area contributed by atoms with Gasteiger partial charge in [-0.25, -0.2) is 4.79 Å². The van der Waals surface area contributed by atoms with Crippen molar-refractivity contribution in [2.24, 2.45) is 0 Å². The molecular formula is C13H16F3NO3. The van der Waals surface area contributed by atoms with Crippen molar-refractivity contribution in [1.82, 2.24) is 0 Å². The number of carbonyl (C=O) groups is 1. The van der Waals surface area contributed by atoms with Crippen LogP contribution in [0.4, 0.5) is 18.9 Å². The molecule has 20 heavy (non-hydrogen) atoms. The topological polar surface area (TPSA) is 58.6 Å². The number of anilines is 1. The molecule has 0 aliphatic rings. The van der Waals surface area contributed by atoms with Crippen molar-refractivity contribution < 1.29 is 27.8 Å². The van der Waals surface area contributed by atoms with Gasteiger partial charge >= 0.3 is 12.1 Å². The van der Waals surface area contributed by atoms with Crippen LogP contribution in [-0.4, -0.2) is 31.3 Å². The van der Waals surface area contributed by atoms with Crippen LogP contribution < -0.4 is 5.32 Å². The summed E-state index contributed by atoms with van der Waals surface area (Å²) in [6.45, 7) is 1.05. The molecule has 0 saturated carbocycles. The normalized spacial score (nSPS) is 11.4. The number of ether oxygens (including phenoxy) is 1. The molecule has 1 aromatic rings. The zero-order valence-electron chi connectivity index (χ0n) is 11.0. The Balaban J connectivity index is 2.78. The van der Waals surface area contributed by atoms with E-state index in [0.29, 0.717) is 19.2 Å². The van der Waals surface area contributed by atoms with Crippen LogP contribution in [0.15, 0.2) is 18.2 Å². The fourth-order valence-corrected chi connectivity index (χ4v) is 1.65. The molecule has 0 radical (unpaired) electrons. The fraction of sp³-hybridized carbons (Fsp3) is 0.462. The number of hydrogen-bond donors (Lipinski definition) is 2. The standard InChI is InChI=1S/C13H16F3NO3/c1-20-7-3-2-6-17-11-5-4-9(13(14,15)16)8-10(11)12(18)19/h4-5,8,17H,2-3,6-7H2,1H3,(H,18,19). The summed E-state index contributed by atoms with van der Waals surface area (Å²) >= 11 is 0. The first kappa shape index (κ1) is 16.3. The molecule has 0 spiro atoms. The van der Waals surface area contributed by atoms with Crippen LogP contribution in [0.1, 0.15) is 28.8 Å². The molecule has 0 bridgehead atoms. The molecular weight excluding hydrogens is 275 g/mol. The highest BCUT2D eigenvalue weighted by atomic mass is 19.4. The first-order valence-electron chi connectivity index (χ1n) is 6.03. The number of carboxylic acid groups (broad SMARTS) is 1. The molecule has 0 heterocycles. The monoisotopic (exact) mass is 291 g/mol. The molecule has 0 aliphatic carbocycles. The zero-order valence-corrected chi connectivity index (χ0v) is 11.0. The molecule has 0 atom stereocenters. The zero-order chi connectivity index (χ0) is 15.2. The lowest BCUT2D eigenvalue weighted by Gasteiger charge is -2.12. The predicted octanol–water partition coefficient (Wildman–Crippen LogP) is 3.24. The van der Waals surface area contributed by atoms with Gasteiger partial charge in [0.15, 0.2) is 0 Å². The number of nitrogens with one attached hydrogen (secondary N) is 1. The minimum absolute atomic E-state index is 0.183. The van der Waals surface area contributed by atoms with Crippen molar-refractivity contribution in [3.63, 3.8) is 0 Å². The molecule has 0 fully saturated rings. The van der Waals surface area contributed by atoms with Gasteiger partial charge in [0.05, 0.1) is 11.1 Å². The summed E-state index contributed by atoms with van der Waals surface area (Å²) in [5, 5.41) is 11.8. The van der Waals surface area contributed by atoms with E-state index < -0.39 is 17.7 Å². The lowest BCUT2D eigenvalue weighted by atomic mass is 10.1. The van der Waals surface area contributed by atoms with Crippen LogP contribution in [0.2, 0.25) is 0 Å². The van der Waals surface area contributed by atoms with Crippen molar-refractivity contribution in [2.45, 2.75) is 19.0 Å². The van der Waals surface area contributed by atoms with Crippen molar-refractivity contribution in [3.05, 3.63) is 29.3 Å². The van der Waals surface area contributed by atoms with Gasteiger partial charge < -0.3 is 15.2 Å². The summed E-state index contributed by atoms with van der Waals surface area (Å²) in [5.74, 6) is -1.39. The van der Waals surface area contributed by atoms with Gasteiger partial charge in [-0.1, -0.05) is 0 Å². The third-order valence-electron chi connectivity index (χ3n) is 2.67. The second-order valence-corrected chi connectivity index (χ2v) is 4.19. The quantitative estimate of drug-likeness (QED) is 0.757. The Morgan fingerprint density at radius 1 is 1.35 bits per heavy atom. The molecule has 7 heteroatoms. The van der Waals surface area contributed by atoms with Crippen LogP contribution in [0.3, 0.4) is 0 Å². The van der Waals surface area contributed by atoms with E-state index in [4.69, 9.17) is 9.84 Å². The Morgan fingerprint density at radius 3 is 2.60 bits per heavy atom. The van der Waals surface area contributed by atoms with Crippen LogP contribution in [0, 0.1) is 0 Å². The lowest BCUT2D eigenvalue weighted by molar-refractivity contribution is -0.137. The smallest absolute Gasteiger partial charge is 0.416 e. The average Bonchev–Trinajstić information content (AvgIpc) is 2.37. The predicted molar refractivity (Wildman–Crippen MR) is 68.0 cm³/mol. The number of benzene rings is 1. The average molecular weight is 291 g/mol. The minimum atomic E-state index is -4.55. The van der Waals surface area contributed by atoms with E-state index in [1.165, 1.54) is 0 Å². The van der Waals surface area contributed by atoms with Gasteiger partial charge in [-0.15, -0.1) is 0 Å². The van der Waals surface area contributed by atoms with Crippen LogP contribution in [0.25, 0.3) is 0 Å². The van der Waals surface area contributed by atoms with Crippen molar-refractivity contribution in [3.8, 4) is 0 Å². The highest BCUT2D eigenvalue weighted by Crippen LogP contribution is 2.31. The van der Waals surface area contributed by atoms with E-state index in [0.717, 1.165) is 25.0 Å². The van der Waals surface area contributed by atoms with E-state index >= 15 is 0 Å². The molecule has 1 aromatic carbocycles. The second-order valence-electron chi connectivity index (χ2n) is 4.19. The van der Waals surface area contributed by atoms with Gasteiger partial charge in [0.25, 0.3) is 0 Å². The molecule has 0 aromatic heterocycles. The number of halogens is 3. The molecule has 112 valence electrons. The highest BCUT2D eigenvalue weighted by Gasteiger charge is 2.31. The summed E-state index contributed by atoms with van der Waals surface area (Å²) < 4.78 is 42.4. The van der Waals surface area contributed by atoms with Gasteiger partial charge in [0.1, 0.15) is 0 Å². The van der Waals surface area contributed by atoms with Gasteiger partial charge in [-0.3, -0.25) is 0 Å². The number of rotatable bonds is 7. The Hall–Kier alpha value is -1.76. The van der Waals surface area contributed by atoms with E-state index in [1.54, 1.807) is 7.11 Å². The van der Waals surface area contributed by atoms with Gasteiger partial charge in [0.2, 0.25) is 0 Å². The van der Waals surface area contributed by atoms with Crippen LogP contribution in [-0.2, 0) is 10.9 Å². The Kier molecular flexibility index (Phi) is 5.82. The van der Waals surface area contributed by atoms with Gasteiger partial charge in [0, 0.05) is 25.9 Å². The van der Waals surface area contributed by atoms with Crippen LogP contribution >= 0.6 is 0 Å². The summed E-state index contributed by atoms with van der Waals surface area (Å²) in [7, 11) is 1.58. The highest BCUT2D eigenvalue weighted by molar-refractivity contribution is 5.94. The van der Waals surface area contributed by atoms with Gasteiger partial charge in [-0.05, 0) is 31.0 Å². The molecule has 4 nitrogen and oxygen atoms in total. The molecule has 0 unspecified atom stereocenters. The second kappa shape index (κ2) is 7.14. The number of alkyl halides is 3. The Labute approximate surface area is 114 Å². The van der Waals surface area contributed by atoms with E-state index in [1.807, 2.05) is 0 Å². The lowest BCUT2D eigenvalue weighted by Crippen LogP contribution is -2.12. The first-order chi connectivity index (χ1) is 9.36. The van der Waals surface area contributed by atoms with Crippen molar-refractivity contribution in [2.75, 3.05) is 25.6 Å². The third-order valence-corrected chi connectivity index (χ3v) is 2.67. The van der Waals surface area contributed by atoms with E-state index in [9.17, 15) is 18.0 Å². The minimum Gasteiger partial charge on any atom is -0.478 e. The number of unbranched alkanes of at least 4 members (excludes halogenated alkanes) is 1. The molecule has 1 rings (SSSR count). The van der Waals surface area contributed by atoms with Crippen LogP contribution in [0.5, 0.6) is 0 Å². The number of aromatic carboxylic acids is 1.